The van der Waals surface area contributed by atoms with Gasteiger partial charge >= 0.3 is 0 Å². The molecular weight excluding hydrogens is 212 g/mol. The third-order valence-corrected chi connectivity index (χ3v) is 3.07. The molecule has 3 nitrogen and oxygen atoms in total. The molecule has 1 aliphatic rings. The lowest BCUT2D eigenvalue weighted by Crippen LogP contribution is -2.45. The van der Waals surface area contributed by atoms with Crippen molar-refractivity contribution < 1.29 is 4.74 Å². The van der Waals surface area contributed by atoms with Crippen molar-refractivity contribution in [2.24, 2.45) is 5.73 Å². The predicted molar refractivity (Wildman–Crippen MR) is 70.7 cm³/mol. The predicted octanol–water partition coefficient (Wildman–Crippen LogP) is 1.36. The highest BCUT2D eigenvalue weighted by Crippen LogP contribution is 2.08. The molecule has 0 saturated carbocycles. The van der Waals surface area contributed by atoms with Crippen molar-refractivity contribution in [1.29, 1.82) is 0 Å². The van der Waals surface area contributed by atoms with Crippen molar-refractivity contribution >= 4 is 6.08 Å². The Hall–Kier alpha value is -1.16. The minimum absolute atomic E-state index is 0.319. The van der Waals surface area contributed by atoms with E-state index in [1.54, 1.807) is 0 Å². The van der Waals surface area contributed by atoms with Crippen LogP contribution in [0.3, 0.4) is 0 Å². The zero-order valence-corrected chi connectivity index (χ0v) is 10.1. The van der Waals surface area contributed by atoms with Gasteiger partial charge in [0.15, 0.2) is 0 Å². The molecule has 1 fully saturated rings. The lowest BCUT2D eigenvalue weighted by molar-refractivity contribution is 0.0272. The molecule has 0 radical (unpaired) electrons. The van der Waals surface area contributed by atoms with E-state index in [0.717, 1.165) is 26.3 Å². The van der Waals surface area contributed by atoms with Crippen molar-refractivity contribution in [1.82, 2.24) is 4.90 Å². The maximum Gasteiger partial charge on any atom is 0.0594 e. The van der Waals surface area contributed by atoms with Crippen LogP contribution in [0.25, 0.3) is 6.08 Å². The van der Waals surface area contributed by atoms with Gasteiger partial charge in [-0.1, -0.05) is 42.5 Å². The highest BCUT2D eigenvalue weighted by molar-refractivity contribution is 5.49. The first kappa shape index (κ1) is 12.3. The number of hydrogen-bond acceptors (Lipinski definition) is 3. The van der Waals surface area contributed by atoms with E-state index in [9.17, 15) is 0 Å². The monoisotopic (exact) mass is 232 g/mol. The molecule has 1 saturated heterocycles. The van der Waals surface area contributed by atoms with Crippen LogP contribution in [0, 0.1) is 0 Å². The van der Waals surface area contributed by atoms with Crippen molar-refractivity contribution in [2.75, 3.05) is 32.8 Å². The molecule has 0 aliphatic carbocycles. The number of hydrogen-bond donors (Lipinski definition) is 1. The van der Waals surface area contributed by atoms with Gasteiger partial charge in [-0.2, -0.15) is 0 Å². The summed E-state index contributed by atoms with van der Waals surface area (Å²) >= 11 is 0. The quantitative estimate of drug-likeness (QED) is 0.852. The van der Waals surface area contributed by atoms with Crippen LogP contribution >= 0.6 is 0 Å². The Labute approximate surface area is 103 Å². The van der Waals surface area contributed by atoms with E-state index in [2.05, 4.69) is 29.2 Å². The molecule has 1 atom stereocenters. The molecule has 0 spiro atoms. The summed E-state index contributed by atoms with van der Waals surface area (Å²) < 4.78 is 5.35. The highest BCUT2D eigenvalue weighted by Gasteiger charge is 2.16. The van der Waals surface area contributed by atoms with E-state index in [4.69, 9.17) is 10.5 Å². The Balaban J connectivity index is 1.96. The first-order valence-electron chi connectivity index (χ1n) is 6.15. The van der Waals surface area contributed by atoms with Crippen LogP contribution in [0.4, 0.5) is 0 Å². The lowest BCUT2D eigenvalue weighted by Gasteiger charge is -2.32. The Morgan fingerprint density at radius 3 is 2.59 bits per heavy atom. The number of benzene rings is 1. The van der Waals surface area contributed by atoms with Crippen LogP contribution in [-0.2, 0) is 4.74 Å². The maximum absolute atomic E-state index is 5.83. The average molecular weight is 232 g/mol. The van der Waals surface area contributed by atoms with Crippen LogP contribution < -0.4 is 5.73 Å². The molecule has 1 heterocycles. The van der Waals surface area contributed by atoms with Gasteiger partial charge in [0, 0.05) is 25.7 Å². The molecule has 2 rings (SSSR count). The summed E-state index contributed by atoms with van der Waals surface area (Å²) in [6.45, 7) is 4.23. The highest BCUT2D eigenvalue weighted by atomic mass is 16.5. The molecule has 1 aliphatic heterocycles. The first-order chi connectivity index (χ1) is 8.40. The van der Waals surface area contributed by atoms with E-state index in [0.29, 0.717) is 12.6 Å². The largest absolute Gasteiger partial charge is 0.379 e. The summed E-state index contributed by atoms with van der Waals surface area (Å²) in [5.74, 6) is 0. The molecule has 3 heteroatoms. The molecule has 1 aromatic rings. The Morgan fingerprint density at radius 1 is 1.24 bits per heavy atom. The van der Waals surface area contributed by atoms with Crippen molar-refractivity contribution in [3.8, 4) is 0 Å². The Kier molecular flexibility index (Phi) is 4.74. The van der Waals surface area contributed by atoms with Crippen LogP contribution in [0.15, 0.2) is 36.4 Å². The lowest BCUT2D eigenvalue weighted by atomic mass is 10.1. The van der Waals surface area contributed by atoms with Crippen LogP contribution in [0.2, 0.25) is 0 Å². The third-order valence-electron chi connectivity index (χ3n) is 3.07. The van der Waals surface area contributed by atoms with Crippen LogP contribution in [-0.4, -0.2) is 43.8 Å². The molecule has 2 N–H and O–H groups in total. The Morgan fingerprint density at radius 2 is 1.94 bits per heavy atom. The van der Waals surface area contributed by atoms with E-state index in [-0.39, 0.29) is 0 Å². The van der Waals surface area contributed by atoms with Gasteiger partial charge in [0.2, 0.25) is 0 Å². The van der Waals surface area contributed by atoms with Crippen LogP contribution in [0.5, 0.6) is 0 Å². The summed E-state index contributed by atoms with van der Waals surface area (Å²) in [5.41, 5.74) is 7.06. The Bertz CT molecular complexity index is 344. The molecule has 92 valence electrons. The molecule has 0 aromatic heterocycles. The van der Waals surface area contributed by atoms with Gasteiger partial charge in [-0.3, -0.25) is 4.90 Å². The molecule has 17 heavy (non-hydrogen) atoms. The van der Waals surface area contributed by atoms with Gasteiger partial charge in [0.05, 0.1) is 13.2 Å². The van der Waals surface area contributed by atoms with Gasteiger partial charge in [0.1, 0.15) is 0 Å². The smallest absolute Gasteiger partial charge is 0.0594 e. The fourth-order valence-corrected chi connectivity index (χ4v) is 2.04. The summed E-state index contributed by atoms with van der Waals surface area (Å²) in [6, 6.07) is 10.6. The molecule has 0 amide bonds. The van der Waals surface area contributed by atoms with Gasteiger partial charge in [-0.25, -0.2) is 0 Å². The number of nitrogens with zero attached hydrogens (tertiary/aromatic N) is 1. The van der Waals surface area contributed by atoms with E-state index in [1.165, 1.54) is 5.56 Å². The van der Waals surface area contributed by atoms with Crippen molar-refractivity contribution in [3.63, 3.8) is 0 Å². The number of nitrogens with two attached hydrogens (primary N) is 1. The second-order valence-electron chi connectivity index (χ2n) is 4.22. The maximum atomic E-state index is 5.83. The van der Waals surface area contributed by atoms with Gasteiger partial charge in [-0.15, -0.1) is 0 Å². The zero-order chi connectivity index (χ0) is 11.9. The normalized spacial score (nSPS) is 19.6. The second kappa shape index (κ2) is 6.55. The summed E-state index contributed by atoms with van der Waals surface area (Å²) in [5, 5.41) is 0. The van der Waals surface area contributed by atoms with E-state index in [1.807, 2.05) is 18.2 Å². The van der Waals surface area contributed by atoms with E-state index >= 15 is 0 Å². The van der Waals surface area contributed by atoms with Crippen molar-refractivity contribution in [3.05, 3.63) is 42.0 Å². The second-order valence-corrected chi connectivity index (χ2v) is 4.22. The summed E-state index contributed by atoms with van der Waals surface area (Å²) in [4.78, 5) is 2.38. The summed E-state index contributed by atoms with van der Waals surface area (Å²) in [6.07, 6.45) is 4.34. The zero-order valence-electron chi connectivity index (χ0n) is 10.1. The fraction of sp³-hybridized carbons (Fsp3) is 0.429. The minimum atomic E-state index is 0.319. The number of rotatable bonds is 4. The topological polar surface area (TPSA) is 38.5 Å². The molecular formula is C14H20N2O. The fourth-order valence-electron chi connectivity index (χ4n) is 2.04. The van der Waals surface area contributed by atoms with Gasteiger partial charge in [0.25, 0.3) is 0 Å². The van der Waals surface area contributed by atoms with Crippen molar-refractivity contribution in [2.45, 2.75) is 6.04 Å². The van der Waals surface area contributed by atoms with Crippen LogP contribution in [0.1, 0.15) is 5.56 Å². The molecule has 1 unspecified atom stereocenters. The standard InChI is InChI=1S/C14H20N2O/c15-12-14(16-8-10-17-11-9-16)7-6-13-4-2-1-3-5-13/h1-7,14H,8-12,15H2/b7-6-. The SMILES string of the molecule is NCC(/C=C\c1ccccc1)N1CCOCC1. The number of morpholine rings is 1. The third kappa shape index (κ3) is 3.66. The summed E-state index contributed by atoms with van der Waals surface area (Å²) in [7, 11) is 0. The molecule has 1 aromatic carbocycles. The first-order valence-corrected chi connectivity index (χ1v) is 6.15. The van der Waals surface area contributed by atoms with Gasteiger partial charge in [-0.05, 0) is 5.56 Å². The van der Waals surface area contributed by atoms with Gasteiger partial charge < -0.3 is 10.5 Å². The molecule has 0 bridgehead atoms. The average Bonchev–Trinajstić information content (AvgIpc) is 2.42. The minimum Gasteiger partial charge on any atom is -0.379 e. The number of ether oxygens (including phenoxy) is 1. The van der Waals surface area contributed by atoms with E-state index < -0.39 is 0 Å².